The highest BCUT2D eigenvalue weighted by Crippen LogP contribution is 2.04. The standard InChI is InChI=1S/C15H21N3O3/c19-14(15(20)17-13-5-2-1-3-6-13)16-7-4-8-18-9-11-21-12-10-18/h1-3,5-6H,4,7-12H2,(H,16,19)(H,17,20). The largest absolute Gasteiger partial charge is 0.379 e. The summed E-state index contributed by atoms with van der Waals surface area (Å²) in [5.41, 5.74) is 0.617. The second-order valence-corrected chi connectivity index (χ2v) is 4.88. The molecule has 0 radical (unpaired) electrons. The monoisotopic (exact) mass is 291 g/mol. The van der Waals surface area contributed by atoms with E-state index < -0.39 is 11.8 Å². The Hall–Kier alpha value is -1.92. The molecule has 1 aromatic rings. The van der Waals surface area contributed by atoms with Crippen molar-refractivity contribution in [3.8, 4) is 0 Å². The van der Waals surface area contributed by atoms with Crippen LogP contribution in [0.5, 0.6) is 0 Å². The molecule has 0 unspecified atom stereocenters. The molecule has 0 atom stereocenters. The van der Waals surface area contributed by atoms with Gasteiger partial charge in [-0.1, -0.05) is 18.2 Å². The van der Waals surface area contributed by atoms with Gasteiger partial charge in [0.1, 0.15) is 0 Å². The number of hydrogen-bond donors (Lipinski definition) is 2. The third kappa shape index (κ3) is 5.53. The maximum Gasteiger partial charge on any atom is 0.313 e. The average molecular weight is 291 g/mol. The number of carbonyl (C=O) groups is 2. The van der Waals surface area contributed by atoms with Crippen LogP contribution in [0.2, 0.25) is 0 Å². The summed E-state index contributed by atoms with van der Waals surface area (Å²) in [5, 5.41) is 5.19. The van der Waals surface area contributed by atoms with Gasteiger partial charge >= 0.3 is 11.8 Å². The van der Waals surface area contributed by atoms with E-state index in [0.29, 0.717) is 12.2 Å². The van der Waals surface area contributed by atoms with E-state index in [2.05, 4.69) is 15.5 Å². The van der Waals surface area contributed by atoms with E-state index in [4.69, 9.17) is 4.74 Å². The Kier molecular flexibility index (Phi) is 6.18. The Morgan fingerprint density at radius 3 is 2.52 bits per heavy atom. The molecule has 1 aromatic carbocycles. The van der Waals surface area contributed by atoms with Gasteiger partial charge in [0.15, 0.2) is 0 Å². The minimum absolute atomic E-state index is 0.498. The van der Waals surface area contributed by atoms with Gasteiger partial charge in [-0.2, -0.15) is 0 Å². The lowest BCUT2D eigenvalue weighted by Crippen LogP contribution is -2.39. The van der Waals surface area contributed by atoms with Crippen LogP contribution in [0, 0.1) is 0 Å². The van der Waals surface area contributed by atoms with E-state index >= 15 is 0 Å². The van der Waals surface area contributed by atoms with Gasteiger partial charge in [0.05, 0.1) is 13.2 Å². The van der Waals surface area contributed by atoms with Gasteiger partial charge in [-0.15, -0.1) is 0 Å². The Labute approximate surface area is 124 Å². The van der Waals surface area contributed by atoms with Crippen molar-refractivity contribution in [3.05, 3.63) is 30.3 Å². The highest BCUT2D eigenvalue weighted by Gasteiger charge is 2.13. The van der Waals surface area contributed by atoms with Crippen LogP contribution in [0.25, 0.3) is 0 Å². The topological polar surface area (TPSA) is 70.7 Å². The van der Waals surface area contributed by atoms with Gasteiger partial charge in [-0.3, -0.25) is 14.5 Å². The van der Waals surface area contributed by atoms with Gasteiger partial charge in [0.25, 0.3) is 0 Å². The molecule has 2 amide bonds. The van der Waals surface area contributed by atoms with Gasteiger partial charge in [-0.05, 0) is 25.1 Å². The molecule has 114 valence electrons. The van der Waals surface area contributed by atoms with Crippen molar-refractivity contribution < 1.29 is 14.3 Å². The first-order valence-electron chi connectivity index (χ1n) is 7.20. The predicted octanol–water partition coefficient (Wildman–Crippen LogP) is 0.464. The summed E-state index contributed by atoms with van der Waals surface area (Å²) in [7, 11) is 0. The fourth-order valence-electron chi connectivity index (χ4n) is 2.12. The number of rotatable bonds is 5. The van der Waals surface area contributed by atoms with E-state index in [1.807, 2.05) is 6.07 Å². The summed E-state index contributed by atoms with van der Waals surface area (Å²) >= 11 is 0. The first-order valence-corrected chi connectivity index (χ1v) is 7.20. The zero-order chi connectivity index (χ0) is 14.9. The normalized spacial score (nSPS) is 15.4. The third-order valence-corrected chi connectivity index (χ3v) is 3.28. The molecule has 1 aliphatic heterocycles. The van der Waals surface area contributed by atoms with Gasteiger partial charge in [0, 0.05) is 25.3 Å². The molecule has 1 aliphatic rings. The SMILES string of the molecule is O=C(NCCCN1CCOCC1)C(=O)Nc1ccccc1. The number of benzene rings is 1. The lowest BCUT2D eigenvalue weighted by atomic mass is 10.3. The summed E-state index contributed by atoms with van der Waals surface area (Å²) in [6, 6.07) is 8.93. The summed E-state index contributed by atoms with van der Waals surface area (Å²) in [6.45, 7) is 4.81. The Morgan fingerprint density at radius 2 is 1.81 bits per heavy atom. The third-order valence-electron chi connectivity index (χ3n) is 3.28. The fraction of sp³-hybridized carbons (Fsp3) is 0.467. The lowest BCUT2D eigenvalue weighted by molar-refractivity contribution is -0.136. The number of amides is 2. The number of ether oxygens (including phenoxy) is 1. The number of nitrogens with one attached hydrogen (secondary N) is 2. The van der Waals surface area contributed by atoms with Gasteiger partial charge < -0.3 is 15.4 Å². The average Bonchev–Trinajstić information content (AvgIpc) is 2.53. The molecule has 0 aromatic heterocycles. The van der Waals surface area contributed by atoms with Crippen molar-refractivity contribution in [3.63, 3.8) is 0 Å². The van der Waals surface area contributed by atoms with Crippen LogP contribution in [-0.4, -0.2) is 56.1 Å². The van der Waals surface area contributed by atoms with Gasteiger partial charge in [-0.25, -0.2) is 0 Å². The van der Waals surface area contributed by atoms with E-state index in [1.165, 1.54) is 0 Å². The summed E-state index contributed by atoms with van der Waals surface area (Å²) in [5.74, 6) is -1.23. The van der Waals surface area contributed by atoms with Crippen molar-refractivity contribution in [2.45, 2.75) is 6.42 Å². The van der Waals surface area contributed by atoms with Crippen molar-refractivity contribution in [2.75, 3.05) is 44.7 Å². The van der Waals surface area contributed by atoms with Crippen LogP contribution >= 0.6 is 0 Å². The fourth-order valence-corrected chi connectivity index (χ4v) is 2.12. The lowest BCUT2D eigenvalue weighted by Gasteiger charge is -2.26. The molecule has 2 rings (SSSR count). The molecule has 21 heavy (non-hydrogen) atoms. The smallest absolute Gasteiger partial charge is 0.313 e. The van der Waals surface area contributed by atoms with Crippen molar-refractivity contribution in [1.82, 2.24) is 10.2 Å². The number of anilines is 1. The van der Waals surface area contributed by atoms with Crippen molar-refractivity contribution in [1.29, 1.82) is 0 Å². The Morgan fingerprint density at radius 1 is 1.10 bits per heavy atom. The first-order chi connectivity index (χ1) is 10.3. The molecule has 0 saturated carbocycles. The molecule has 6 nitrogen and oxygen atoms in total. The van der Waals surface area contributed by atoms with Crippen LogP contribution in [0.1, 0.15) is 6.42 Å². The van der Waals surface area contributed by atoms with E-state index in [9.17, 15) is 9.59 Å². The molecular formula is C15H21N3O3. The predicted molar refractivity (Wildman–Crippen MR) is 80.0 cm³/mol. The van der Waals surface area contributed by atoms with Crippen LogP contribution in [-0.2, 0) is 14.3 Å². The van der Waals surface area contributed by atoms with E-state index in [-0.39, 0.29) is 0 Å². The number of hydrogen-bond acceptors (Lipinski definition) is 4. The highest BCUT2D eigenvalue weighted by molar-refractivity contribution is 6.39. The number of carbonyl (C=O) groups excluding carboxylic acids is 2. The number of para-hydroxylation sites is 1. The quantitative estimate of drug-likeness (QED) is 0.611. The molecule has 0 aliphatic carbocycles. The number of nitrogens with zero attached hydrogens (tertiary/aromatic N) is 1. The number of morpholine rings is 1. The zero-order valence-electron chi connectivity index (χ0n) is 12.0. The maximum absolute atomic E-state index is 11.7. The van der Waals surface area contributed by atoms with E-state index in [1.54, 1.807) is 24.3 Å². The summed E-state index contributed by atoms with van der Waals surface area (Å²) in [4.78, 5) is 25.6. The molecule has 1 fully saturated rings. The second-order valence-electron chi connectivity index (χ2n) is 4.88. The molecule has 0 bridgehead atoms. The molecule has 6 heteroatoms. The van der Waals surface area contributed by atoms with Crippen LogP contribution < -0.4 is 10.6 Å². The van der Waals surface area contributed by atoms with Gasteiger partial charge in [0.2, 0.25) is 0 Å². The zero-order valence-corrected chi connectivity index (χ0v) is 12.0. The van der Waals surface area contributed by atoms with Crippen LogP contribution in [0.4, 0.5) is 5.69 Å². The van der Waals surface area contributed by atoms with E-state index in [0.717, 1.165) is 39.3 Å². The Bertz CT molecular complexity index is 458. The molecule has 2 N–H and O–H groups in total. The summed E-state index contributed by atoms with van der Waals surface area (Å²) < 4.78 is 5.27. The second kappa shape index (κ2) is 8.39. The molecule has 1 heterocycles. The van der Waals surface area contributed by atoms with Crippen LogP contribution in [0.15, 0.2) is 30.3 Å². The minimum Gasteiger partial charge on any atom is -0.379 e. The maximum atomic E-state index is 11.7. The van der Waals surface area contributed by atoms with Crippen molar-refractivity contribution >= 4 is 17.5 Å². The minimum atomic E-state index is -0.632. The van der Waals surface area contributed by atoms with Crippen molar-refractivity contribution in [2.24, 2.45) is 0 Å². The molecule has 0 spiro atoms. The Balaban J connectivity index is 1.61. The summed E-state index contributed by atoms with van der Waals surface area (Å²) in [6.07, 6.45) is 0.824. The first kappa shape index (κ1) is 15.5. The van der Waals surface area contributed by atoms with Crippen LogP contribution in [0.3, 0.4) is 0 Å². The highest BCUT2D eigenvalue weighted by atomic mass is 16.5. The molecule has 1 saturated heterocycles. The molecular weight excluding hydrogens is 270 g/mol.